The number of halogens is 1. The predicted molar refractivity (Wildman–Crippen MR) is 59.8 cm³/mol. The Hall–Kier alpha value is -1.45. The Balaban J connectivity index is 0.000000673. The van der Waals surface area contributed by atoms with Crippen molar-refractivity contribution in [3.05, 3.63) is 29.6 Å². The monoisotopic (exact) mass is 220 g/mol. The molecule has 0 saturated carbocycles. The molecule has 0 unspecified atom stereocenters. The summed E-state index contributed by atoms with van der Waals surface area (Å²) < 4.78 is 26.8. The van der Waals surface area contributed by atoms with Gasteiger partial charge in [-0.25, -0.2) is 4.39 Å². The third-order valence-corrected chi connectivity index (χ3v) is 1.63. The molecule has 0 spiro atoms. The van der Waals surface area contributed by atoms with Gasteiger partial charge in [-0.3, -0.25) is 4.79 Å². The van der Waals surface area contributed by atoms with Gasteiger partial charge in [-0.15, -0.1) is 0 Å². The van der Waals surface area contributed by atoms with Crippen LogP contribution in [-0.2, 0) is 4.70 Å². The van der Waals surface area contributed by atoms with Crippen LogP contribution in [0.4, 0.5) is 4.39 Å². The van der Waals surface area contributed by atoms with Crippen molar-refractivity contribution in [1.29, 1.82) is 0 Å². The van der Waals surface area contributed by atoms with Gasteiger partial charge < -0.3 is 4.74 Å². The molecule has 0 bridgehead atoms. The SMILES string of the molecule is CCOc1cccc(F)c1C(C)=O.[B]B=O. The van der Waals surface area contributed by atoms with Crippen molar-refractivity contribution in [2.75, 3.05) is 6.61 Å². The molecular formula is C10H11B2FO3. The first-order valence-corrected chi connectivity index (χ1v) is 4.66. The predicted octanol–water partition coefficient (Wildman–Crippen LogP) is 1.55. The van der Waals surface area contributed by atoms with Crippen LogP contribution in [0.25, 0.3) is 0 Å². The zero-order chi connectivity index (χ0) is 12.6. The number of rotatable bonds is 3. The molecule has 3 nitrogen and oxygen atoms in total. The number of carbonyl (C=O) groups is 1. The average molecular weight is 220 g/mol. The molecule has 6 heteroatoms. The maximum atomic E-state index is 13.1. The van der Waals surface area contributed by atoms with Gasteiger partial charge in [0.1, 0.15) is 11.6 Å². The first-order chi connectivity index (χ1) is 7.58. The molecule has 0 N–H and O–H groups in total. The molecule has 1 aromatic carbocycles. The van der Waals surface area contributed by atoms with E-state index in [1.165, 1.54) is 19.1 Å². The van der Waals surface area contributed by atoms with Crippen LogP contribution in [0.1, 0.15) is 24.2 Å². The standard InChI is InChI=1S/C10H11FO2.B2O/c1-3-13-9-6-4-5-8(11)10(9)7(2)12;1-2-3/h4-6H,3H2,1-2H3;. The molecule has 2 radical (unpaired) electrons. The van der Waals surface area contributed by atoms with Crippen LogP contribution in [0.5, 0.6) is 5.75 Å². The Morgan fingerprint density at radius 2 is 2.12 bits per heavy atom. The Morgan fingerprint density at radius 3 is 2.56 bits per heavy atom. The summed E-state index contributed by atoms with van der Waals surface area (Å²) >= 11 is 0. The molecule has 82 valence electrons. The summed E-state index contributed by atoms with van der Waals surface area (Å²) in [6.07, 6.45) is 0. The van der Waals surface area contributed by atoms with Crippen molar-refractivity contribution in [3.63, 3.8) is 0 Å². The summed E-state index contributed by atoms with van der Waals surface area (Å²) in [5.41, 5.74) is 0.0318. The van der Waals surface area contributed by atoms with E-state index < -0.39 is 5.82 Å². The second kappa shape index (κ2) is 7.79. The zero-order valence-electron chi connectivity index (χ0n) is 9.20. The van der Waals surface area contributed by atoms with E-state index in [9.17, 15) is 9.18 Å². The Labute approximate surface area is 95.6 Å². The normalized spacial score (nSPS) is 8.44. The Bertz CT molecular complexity index is 369. The minimum atomic E-state index is -0.529. The molecule has 0 aromatic heterocycles. The third-order valence-electron chi connectivity index (χ3n) is 1.63. The van der Waals surface area contributed by atoms with Crippen LogP contribution in [0, 0.1) is 5.82 Å². The number of Topliss-reactive ketones (excluding diaryl/α,β-unsaturated/α-hetero) is 1. The molecule has 0 saturated heterocycles. The molecule has 1 aromatic rings. The van der Waals surface area contributed by atoms with Gasteiger partial charge in [-0.05, 0) is 26.0 Å². The molecular weight excluding hydrogens is 209 g/mol. The summed E-state index contributed by atoms with van der Waals surface area (Å²) in [4.78, 5) is 11.0. The Kier molecular flexibility index (Phi) is 7.09. The van der Waals surface area contributed by atoms with E-state index in [2.05, 4.69) is 7.74 Å². The van der Waals surface area contributed by atoms with E-state index in [0.29, 0.717) is 12.4 Å². The number of hydrogen-bond donors (Lipinski definition) is 0. The molecule has 0 heterocycles. The summed E-state index contributed by atoms with van der Waals surface area (Å²) in [5, 5.41) is 0. The van der Waals surface area contributed by atoms with Gasteiger partial charge in [-0.2, -0.15) is 0 Å². The zero-order valence-corrected chi connectivity index (χ0v) is 9.20. The van der Waals surface area contributed by atoms with Crippen LogP contribution in [0.15, 0.2) is 18.2 Å². The van der Waals surface area contributed by atoms with Gasteiger partial charge in [0.25, 0.3) is 0 Å². The third kappa shape index (κ3) is 4.38. The summed E-state index contributed by atoms with van der Waals surface area (Å²) in [5.74, 6) is -0.532. The molecule has 0 atom stereocenters. The maximum absolute atomic E-state index is 13.1. The summed E-state index contributed by atoms with van der Waals surface area (Å²) in [6.45, 7) is 3.53. The minimum absolute atomic E-state index is 0.0318. The first-order valence-electron chi connectivity index (χ1n) is 4.66. The molecule has 0 aliphatic carbocycles. The van der Waals surface area contributed by atoms with Crippen molar-refractivity contribution in [2.45, 2.75) is 13.8 Å². The molecule has 16 heavy (non-hydrogen) atoms. The van der Waals surface area contributed by atoms with E-state index >= 15 is 0 Å². The van der Waals surface area contributed by atoms with Gasteiger partial charge in [0.15, 0.2) is 5.78 Å². The molecule has 0 fully saturated rings. The van der Waals surface area contributed by atoms with Gasteiger partial charge in [-0.1, -0.05) is 6.07 Å². The topological polar surface area (TPSA) is 43.4 Å². The first kappa shape index (κ1) is 14.5. The van der Waals surface area contributed by atoms with Crippen molar-refractivity contribution in [3.8, 4) is 5.75 Å². The molecule has 0 aliphatic rings. The van der Waals surface area contributed by atoms with Gasteiger partial charge in [0.2, 0.25) is 0 Å². The number of hydrogen-bond acceptors (Lipinski definition) is 3. The van der Waals surface area contributed by atoms with Gasteiger partial charge in [0.05, 0.1) is 12.2 Å². The van der Waals surface area contributed by atoms with Crippen LogP contribution in [-0.4, -0.2) is 27.2 Å². The van der Waals surface area contributed by atoms with Crippen molar-refractivity contribution in [2.24, 2.45) is 0 Å². The van der Waals surface area contributed by atoms with Crippen LogP contribution in [0.3, 0.4) is 0 Å². The van der Waals surface area contributed by atoms with E-state index in [-0.39, 0.29) is 18.4 Å². The molecule has 0 aliphatic heterocycles. The van der Waals surface area contributed by atoms with Crippen molar-refractivity contribution in [1.82, 2.24) is 0 Å². The van der Waals surface area contributed by atoms with E-state index in [1.54, 1.807) is 13.0 Å². The molecule has 1 rings (SSSR count). The van der Waals surface area contributed by atoms with E-state index in [4.69, 9.17) is 9.44 Å². The van der Waals surface area contributed by atoms with Crippen molar-refractivity contribution < 1.29 is 18.6 Å². The van der Waals surface area contributed by atoms with Crippen LogP contribution >= 0.6 is 0 Å². The molecule has 0 amide bonds. The fraction of sp³-hybridized carbons (Fsp3) is 0.300. The second-order valence-corrected chi connectivity index (χ2v) is 2.74. The van der Waals surface area contributed by atoms with Crippen molar-refractivity contribution >= 4 is 20.6 Å². The summed E-state index contributed by atoms with van der Waals surface area (Å²) in [6, 6.07) is 4.36. The number of ether oxygens (including phenoxy) is 1. The van der Waals surface area contributed by atoms with Crippen LogP contribution < -0.4 is 4.74 Å². The second-order valence-electron chi connectivity index (χ2n) is 2.74. The summed E-state index contributed by atoms with van der Waals surface area (Å²) in [7, 11) is 4.42. The van der Waals surface area contributed by atoms with Gasteiger partial charge >= 0.3 is 19.5 Å². The van der Waals surface area contributed by atoms with E-state index in [0.717, 1.165) is 0 Å². The number of benzene rings is 1. The van der Waals surface area contributed by atoms with E-state index in [1.807, 2.05) is 0 Å². The average Bonchev–Trinajstić information content (AvgIpc) is 2.18. The number of ketones is 1. The van der Waals surface area contributed by atoms with Crippen LogP contribution in [0.2, 0.25) is 0 Å². The fourth-order valence-corrected chi connectivity index (χ4v) is 1.12. The fourth-order valence-electron chi connectivity index (χ4n) is 1.12. The number of carbonyl (C=O) groups excluding carboxylic acids is 1. The quantitative estimate of drug-likeness (QED) is 0.573. The Morgan fingerprint density at radius 1 is 1.56 bits per heavy atom. The van der Waals surface area contributed by atoms with Gasteiger partial charge in [0, 0.05) is 0 Å².